The van der Waals surface area contributed by atoms with Gasteiger partial charge in [0.15, 0.2) is 5.78 Å². The maximum absolute atomic E-state index is 13.3. The maximum Gasteiger partial charge on any atom is 0.163 e. The van der Waals surface area contributed by atoms with Crippen molar-refractivity contribution >= 4 is 11.6 Å². The van der Waals surface area contributed by atoms with E-state index < -0.39 is 0 Å². The number of H-pyrrole nitrogens is 1. The number of aromatic amines is 1. The van der Waals surface area contributed by atoms with Crippen LogP contribution in [-0.4, -0.2) is 25.7 Å². The molecule has 0 atom stereocenters. The zero-order valence-corrected chi connectivity index (χ0v) is 15.0. The van der Waals surface area contributed by atoms with Crippen LogP contribution in [0, 0.1) is 5.82 Å². The van der Waals surface area contributed by atoms with Crippen molar-refractivity contribution < 1.29 is 9.18 Å². The van der Waals surface area contributed by atoms with E-state index in [0.717, 1.165) is 16.8 Å². The van der Waals surface area contributed by atoms with Crippen LogP contribution in [0.5, 0.6) is 0 Å². The summed E-state index contributed by atoms with van der Waals surface area (Å²) >= 11 is 0. The number of rotatable bonds is 4. The molecule has 0 spiro atoms. The summed E-state index contributed by atoms with van der Waals surface area (Å²) in [5.74, 6) is 0.254. The number of imidazole rings is 1. The lowest BCUT2D eigenvalue weighted by Gasteiger charge is -2.06. The molecule has 0 fully saturated rings. The highest BCUT2D eigenvalue weighted by atomic mass is 19.1. The minimum absolute atomic E-state index is 0.174. The van der Waals surface area contributed by atoms with E-state index >= 15 is 0 Å². The molecule has 138 valence electrons. The Hall–Kier alpha value is -3.87. The van der Waals surface area contributed by atoms with Crippen molar-refractivity contribution in [2.24, 2.45) is 0 Å². The Morgan fingerprint density at radius 1 is 1.04 bits per heavy atom. The minimum atomic E-state index is -0.321. The third-order valence-electron chi connectivity index (χ3n) is 4.36. The molecular formula is C21H16FN5O. The van der Waals surface area contributed by atoms with Gasteiger partial charge in [-0.05, 0) is 49.4 Å². The first-order valence-electron chi connectivity index (χ1n) is 8.56. The Labute approximate surface area is 160 Å². The summed E-state index contributed by atoms with van der Waals surface area (Å²) in [6.07, 6.45) is 4.94. The lowest BCUT2D eigenvalue weighted by molar-refractivity contribution is 0.101. The Morgan fingerprint density at radius 2 is 1.75 bits per heavy atom. The van der Waals surface area contributed by atoms with Gasteiger partial charge in [-0.25, -0.2) is 14.4 Å². The van der Waals surface area contributed by atoms with Crippen molar-refractivity contribution in [1.29, 1.82) is 0 Å². The molecule has 0 unspecified atom stereocenters. The lowest BCUT2D eigenvalue weighted by atomic mass is 10.0. The van der Waals surface area contributed by atoms with Gasteiger partial charge in [0.25, 0.3) is 0 Å². The van der Waals surface area contributed by atoms with Crippen molar-refractivity contribution in [3.05, 3.63) is 72.4 Å². The number of halogens is 1. The highest BCUT2D eigenvalue weighted by molar-refractivity contribution is 5.99. The van der Waals surface area contributed by atoms with Gasteiger partial charge in [-0.2, -0.15) is 0 Å². The lowest BCUT2D eigenvalue weighted by Crippen LogP contribution is -2.02. The molecule has 0 aliphatic rings. The van der Waals surface area contributed by atoms with Crippen LogP contribution >= 0.6 is 0 Å². The number of hydrogen-bond acceptors (Lipinski definition) is 5. The van der Waals surface area contributed by atoms with Crippen molar-refractivity contribution in [2.45, 2.75) is 6.92 Å². The fourth-order valence-electron chi connectivity index (χ4n) is 2.94. The molecule has 4 aromatic rings. The average molecular weight is 373 g/mol. The molecule has 1 aromatic carbocycles. The quantitative estimate of drug-likeness (QED) is 0.524. The van der Waals surface area contributed by atoms with Crippen molar-refractivity contribution in [1.82, 2.24) is 19.9 Å². The summed E-state index contributed by atoms with van der Waals surface area (Å²) in [6.45, 7) is 1.44. The van der Waals surface area contributed by atoms with E-state index in [1.54, 1.807) is 36.8 Å². The number of benzene rings is 1. The third-order valence-corrected chi connectivity index (χ3v) is 4.36. The number of nitrogens with one attached hydrogen (secondary N) is 1. The van der Waals surface area contributed by atoms with E-state index in [1.807, 2.05) is 12.1 Å². The van der Waals surface area contributed by atoms with Crippen LogP contribution < -0.4 is 5.73 Å². The van der Waals surface area contributed by atoms with Gasteiger partial charge in [-0.3, -0.25) is 9.78 Å². The zero-order chi connectivity index (χ0) is 19.7. The molecular weight excluding hydrogens is 357 g/mol. The predicted molar refractivity (Wildman–Crippen MR) is 105 cm³/mol. The van der Waals surface area contributed by atoms with Crippen LogP contribution in [0.25, 0.3) is 33.9 Å². The summed E-state index contributed by atoms with van der Waals surface area (Å²) in [5.41, 5.74) is 9.76. The van der Waals surface area contributed by atoms with Crippen LogP contribution in [0.15, 0.2) is 61.1 Å². The highest BCUT2D eigenvalue weighted by Crippen LogP contribution is 2.33. The average Bonchev–Trinajstić information content (AvgIpc) is 3.15. The second-order valence-corrected chi connectivity index (χ2v) is 6.26. The number of carbonyl (C=O) groups is 1. The molecule has 6 nitrogen and oxygen atoms in total. The van der Waals surface area contributed by atoms with Gasteiger partial charge in [-0.15, -0.1) is 0 Å². The fraction of sp³-hybridized carbons (Fsp3) is 0.0476. The third kappa shape index (κ3) is 3.25. The van der Waals surface area contributed by atoms with Gasteiger partial charge in [0, 0.05) is 35.3 Å². The van der Waals surface area contributed by atoms with Gasteiger partial charge in [0.05, 0.1) is 17.0 Å². The van der Waals surface area contributed by atoms with Gasteiger partial charge in [0.1, 0.15) is 17.5 Å². The Bertz CT molecular complexity index is 1150. The molecule has 28 heavy (non-hydrogen) atoms. The Morgan fingerprint density at radius 3 is 2.43 bits per heavy atom. The molecule has 3 heterocycles. The second-order valence-electron chi connectivity index (χ2n) is 6.26. The van der Waals surface area contributed by atoms with Crippen LogP contribution in [0.2, 0.25) is 0 Å². The first-order valence-corrected chi connectivity index (χ1v) is 8.56. The maximum atomic E-state index is 13.3. The molecule has 0 saturated carbocycles. The highest BCUT2D eigenvalue weighted by Gasteiger charge is 2.18. The van der Waals surface area contributed by atoms with Crippen LogP contribution in [0.1, 0.15) is 17.3 Å². The molecule has 0 bridgehead atoms. The molecule has 4 rings (SSSR count). The number of nitrogens with two attached hydrogens (primary N) is 1. The number of nitrogens with zero attached hydrogens (tertiary/aromatic N) is 3. The van der Waals surface area contributed by atoms with Crippen LogP contribution in [0.3, 0.4) is 0 Å². The number of pyridine rings is 2. The molecule has 3 aromatic heterocycles. The van der Waals surface area contributed by atoms with Crippen LogP contribution in [0.4, 0.5) is 10.2 Å². The van der Waals surface area contributed by atoms with Gasteiger partial charge >= 0.3 is 0 Å². The summed E-state index contributed by atoms with van der Waals surface area (Å²) in [7, 11) is 0. The van der Waals surface area contributed by atoms with Crippen LogP contribution in [-0.2, 0) is 0 Å². The van der Waals surface area contributed by atoms with E-state index in [0.29, 0.717) is 22.6 Å². The summed E-state index contributed by atoms with van der Waals surface area (Å²) < 4.78 is 13.3. The normalized spacial score (nSPS) is 10.8. The number of carbonyl (C=O) groups excluding carboxylic acids is 1. The van der Waals surface area contributed by atoms with E-state index in [4.69, 9.17) is 10.7 Å². The molecule has 7 heteroatoms. The fourth-order valence-corrected chi connectivity index (χ4v) is 2.94. The molecule has 0 aliphatic heterocycles. The Kier molecular flexibility index (Phi) is 4.41. The first-order chi connectivity index (χ1) is 13.5. The summed E-state index contributed by atoms with van der Waals surface area (Å²) in [4.78, 5) is 28.1. The molecule has 0 radical (unpaired) electrons. The first kappa shape index (κ1) is 17.5. The number of ketones is 1. The van der Waals surface area contributed by atoms with E-state index in [-0.39, 0.29) is 17.4 Å². The van der Waals surface area contributed by atoms with Gasteiger partial charge < -0.3 is 10.7 Å². The van der Waals surface area contributed by atoms with Crippen molar-refractivity contribution in [3.63, 3.8) is 0 Å². The Balaban J connectivity index is 1.92. The number of aromatic nitrogens is 4. The standard InChI is InChI=1S/C21H16FN5O/c1-12(28)17-10-15(11-25-20(17)23)19-18(13-6-8-24-9-7-13)26-21(27-19)14-2-4-16(22)5-3-14/h2-11H,1H3,(H2,23,25)(H,26,27). The molecule has 3 N–H and O–H groups in total. The SMILES string of the molecule is CC(=O)c1cc(-c2nc(-c3ccc(F)cc3)[nH]c2-c2ccncc2)cnc1N. The van der Waals surface area contributed by atoms with Gasteiger partial charge in [-0.1, -0.05) is 0 Å². The largest absolute Gasteiger partial charge is 0.383 e. The number of anilines is 1. The zero-order valence-electron chi connectivity index (χ0n) is 15.0. The van der Waals surface area contributed by atoms with E-state index in [9.17, 15) is 9.18 Å². The van der Waals surface area contributed by atoms with Crippen molar-refractivity contribution in [3.8, 4) is 33.9 Å². The summed E-state index contributed by atoms with van der Waals surface area (Å²) in [6, 6.07) is 11.4. The smallest absolute Gasteiger partial charge is 0.163 e. The number of nitrogen functional groups attached to an aromatic ring is 1. The molecule has 0 saturated heterocycles. The number of hydrogen-bond donors (Lipinski definition) is 2. The minimum Gasteiger partial charge on any atom is -0.383 e. The van der Waals surface area contributed by atoms with E-state index in [2.05, 4.69) is 15.0 Å². The van der Waals surface area contributed by atoms with Crippen molar-refractivity contribution in [2.75, 3.05) is 5.73 Å². The summed E-state index contributed by atoms with van der Waals surface area (Å²) in [5, 5.41) is 0. The predicted octanol–water partition coefficient (Wildman–Crippen LogP) is 4.12. The monoisotopic (exact) mass is 373 g/mol. The van der Waals surface area contributed by atoms with E-state index in [1.165, 1.54) is 19.1 Å². The topological polar surface area (TPSA) is 97.5 Å². The number of Topliss-reactive ketones (excluding diaryl/α,β-unsaturated/α-hetero) is 1. The molecule has 0 aliphatic carbocycles. The second kappa shape index (κ2) is 7.03. The molecule has 0 amide bonds. The van der Waals surface area contributed by atoms with Gasteiger partial charge in [0.2, 0.25) is 0 Å².